The molecule has 5 heteroatoms. The second-order valence-corrected chi connectivity index (χ2v) is 6.13. The highest BCUT2D eigenvalue weighted by atomic mass is 79.9. The van der Waals surface area contributed by atoms with Crippen LogP contribution in [0.2, 0.25) is 4.34 Å². The molecule has 2 nitrogen and oxygen atoms in total. The van der Waals surface area contributed by atoms with Gasteiger partial charge in [0, 0.05) is 23.0 Å². The maximum atomic E-state index is 5.97. The van der Waals surface area contributed by atoms with Gasteiger partial charge in [-0.2, -0.15) is 0 Å². The monoisotopic (exact) mass is 325 g/mol. The van der Waals surface area contributed by atoms with Crippen molar-refractivity contribution in [2.75, 3.05) is 26.8 Å². The number of methoxy groups -OCH3 is 1. The molecule has 1 aromatic rings. The molecule has 1 rings (SSSR count). The van der Waals surface area contributed by atoms with Crippen LogP contribution in [0, 0.1) is 0 Å². The quantitative estimate of drug-likeness (QED) is 0.735. The highest BCUT2D eigenvalue weighted by Gasteiger charge is 2.03. The molecular formula is C11H17BrClNOS. The molecule has 0 aliphatic rings. The summed E-state index contributed by atoms with van der Waals surface area (Å²) in [7, 11) is 1.72. The Morgan fingerprint density at radius 2 is 2.25 bits per heavy atom. The summed E-state index contributed by atoms with van der Waals surface area (Å²) >= 11 is 11.1. The molecular weight excluding hydrogens is 310 g/mol. The normalized spacial score (nSPS) is 10.9. The van der Waals surface area contributed by atoms with Gasteiger partial charge in [0.1, 0.15) is 4.34 Å². The summed E-state index contributed by atoms with van der Waals surface area (Å²) in [6.45, 7) is 2.78. The van der Waals surface area contributed by atoms with Crippen LogP contribution in [0.4, 0.5) is 0 Å². The van der Waals surface area contributed by atoms with Crippen molar-refractivity contribution in [3.05, 3.63) is 19.8 Å². The first kappa shape index (κ1) is 14.5. The third kappa shape index (κ3) is 5.64. The molecule has 0 saturated heterocycles. The van der Waals surface area contributed by atoms with Crippen LogP contribution in [-0.4, -0.2) is 26.8 Å². The Hall–Kier alpha value is 0.390. The molecule has 0 amide bonds. The van der Waals surface area contributed by atoms with Gasteiger partial charge < -0.3 is 10.1 Å². The molecule has 0 radical (unpaired) electrons. The zero-order chi connectivity index (χ0) is 11.8. The molecule has 0 atom stereocenters. The van der Waals surface area contributed by atoms with Crippen molar-refractivity contribution in [2.24, 2.45) is 0 Å². The van der Waals surface area contributed by atoms with E-state index in [-0.39, 0.29) is 0 Å². The summed E-state index contributed by atoms with van der Waals surface area (Å²) in [5.74, 6) is 0. The maximum absolute atomic E-state index is 5.97. The van der Waals surface area contributed by atoms with Crippen LogP contribution in [-0.2, 0) is 11.2 Å². The summed E-state index contributed by atoms with van der Waals surface area (Å²) < 4.78 is 6.83. The number of unbranched alkanes of at least 4 members (excludes halogenated alkanes) is 1. The van der Waals surface area contributed by atoms with Crippen molar-refractivity contribution in [3.63, 3.8) is 0 Å². The lowest BCUT2D eigenvalue weighted by Gasteiger charge is -2.02. The Balaban J connectivity index is 2.03. The molecule has 0 fully saturated rings. The van der Waals surface area contributed by atoms with E-state index in [1.165, 1.54) is 17.7 Å². The average molecular weight is 327 g/mol. The standard InChI is InChI=1S/C11H17BrClNOS/c1-15-7-6-14-5-3-2-4-9-8-10(12)11(13)16-9/h8,14H,2-7H2,1H3. The van der Waals surface area contributed by atoms with Crippen molar-refractivity contribution < 1.29 is 4.74 Å². The lowest BCUT2D eigenvalue weighted by Crippen LogP contribution is -2.20. The largest absolute Gasteiger partial charge is 0.383 e. The minimum Gasteiger partial charge on any atom is -0.383 e. The Bertz CT molecular complexity index is 287. The molecule has 0 bridgehead atoms. The highest BCUT2D eigenvalue weighted by Crippen LogP contribution is 2.32. The van der Waals surface area contributed by atoms with Gasteiger partial charge in [0.25, 0.3) is 0 Å². The van der Waals surface area contributed by atoms with Crippen LogP contribution in [0.3, 0.4) is 0 Å². The summed E-state index contributed by atoms with van der Waals surface area (Å²) in [5.41, 5.74) is 0. The van der Waals surface area contributed by atoms with Crippen LogP contribution >= 0.6 is 38.9 Å². The molecule has 0 spiro atoms. The number of rotatable bonds is 8. The van der Waals surface area contributed by atoms with E-state index in [1.54, 1.807) is 18.4 Å². The van der Waals surface area contributed by atoms with E-state index in [2.05, 4.69) is 27.3 Å². The van der Waals surface area contributed by atoms with Gasteiger partial charge in [-0.25, -0.2) is 0 Å². The van der Waals surface area contributed by atoms with E-state index in [1.807, 2.05) is 0 Å². The summed E-state index contributed by atoms with van der Waals surface area (Å²) in [6.07, 6.45) is 3.50. The molecule has 1 N–H and O–H groups in total. The van der Waals surface area contributed by atoms with E-state index in [4.69, 9.17) is 16.3 Å². The topological polar surface area (TPSA) is 21.3 Å². The van der Waals surface area contributed by atoms with Gasteiger partial charge in [-0.05, 0) is 47.8 Å². The lowest BCUT2D eigenvalue weighted by atomic mass is 10.2. The fourth-order valence-corrected chi connectivity index (χ4v) is 3.20. The fraction of sp³-hybridized carbons (Fsp3) is 0.636. The molecule has 1 aromatic heterocycles. The summed E-state index contributed by atoms with van der Waals surface area (Å²) in [4.78, 5) is 1.36. The first-order valence-corrected chi connectivity index (χ1v) is 7.36. The highest BCUT2D eigenvalue weighted by molar-refractivity contribution is 9.10. The second-order valence-electron chi connectivity index (χ2n) is 3.53. The molecule has 0 saturated carbocycles. The smallest absolute Gasteiger partial charge is 0.107 e. The van der Waals surface area contributed by atoms with Crippen molar-refractivity contribution in [1.82, 2.24) is 5.32 Å². The number of hydrogen-bond acceptors (Lipinski definition) is 3. The number of ether oxygens (including phenoxy) is 1. The third-order valence-corrected chi connectivity index (χ3v) is 4.74. The Morgan fingerprint density at radius 1 is 1.44 bits per heavy atom. The minimum absolute atomic E-state index is 0.785. The zero-order valence-electron chi connectivity index (χ0n) is 9.39. The minimum atomic E-state index is 0.785. The average Bonchev–Trinajstić information content (AvgIpc) is 2.57. The van der Waals surface area contributed by atoms with E-state index >= 15 is 0 Å². The van der Waals surface area contributed by atoms with Gasteiger partial charge in [0.2, 0.25) is 0 Å². The van der Waals surface area contributed by atoms with Gasteiger partial charge in [-0.3, -0.25) is 0 Å². The van der Waals surface area contributed by atoms with Crippen LogP contribution in [0.1, 0.15) is 17.7 Å². The molecule has 1 heterocycles. The number of halogens is 2. The van der Waals surface area contributed by atoms with Crippen LogP contribution in [0.25, 0.3) is 0 Å². The third-order valence-electron chi connectivity index (χ3n) is 2.21. The van der Waals surface area contributed by atoms with Gasteiger partial charge in [0.05, 0.1) is 6.61 Å². The number of thiophene rings is 1. The van der Waals surface area contributed by atoms with E-state index in [9.17, 15) is 0 Å². The van der Waals surface area contributed by atoms with Crippen LogP contribution < -0.4 is 5.32 Å². The van der Waals surface area contributed by atoms with Crippen molar-refractivity contribution in [1.29, 1.82) is 0 Å². The van der Waals surface area contributed by atoms with Gasteiger partial charge in [-0.15, -0.1) is 11.3 Å². The predicted octanol–water partition coefficient (Wildman–Crippen LogP) is 3.72. The van der Waals surface area contributed by atoms with E-state index in [0.29, 0.717) is 0 Å². The summed E-state index contributed by atoms with van der Waals surface area (Å²) in [5, 5.41) is 3.33. The zero-order valence-corrected chi connectivity index (χ0v) is 12.6. The van der Waals surface area contributed by atoms with Gasteiger partial charge in [0.15, 0.2) is 0 Å². The predicted molar refractivity (Wildman–Crippen MR) is 74.7 cm³/mol. The Kier molecular flexibility index (Phi) is 7.66. The molecule has 0 aliphatic heterocycles. The van der Waals surface area contributed by atoms with E-state index in [0.717, 1.165) is 34.9 Å². The SMILES string of the molecule is COCCNCCCCc1cc(Br)c(Cl)s1. The second kappa shape index (κ2) is 8.48. The van der Waals surface area contributed by atoms with Crippen molar-refractivity contribution >= 4 is 38.9 Å². The summed E-state index contributed by atoms with van der Waals surface area (Å²) in [6, 6.07) is 2.12. The first-order chi connectivity index (χ1) is 7.74. The fourth-order valence-electron chi connectivity index (χ4n) is 1.36. The molecule has 0 aliphatic carbocycles. The number of hydrogen-bond donors (Lipinski definition) is 1. The Morgan fingerprint density at radius 3 is 2.88 bits per heavy atom. The van der Waals surface area contributed by atoms with Crippen LogP contribution in [0.15, 0.2) is 10.5 Å². The van der Waals surface area contributed by atoms with Gasteiger partial charge in [-0.1, -0.05) is 11.6 Å². The van der Waals surface area contributed by atoms with Crippen LogP contribution in [0.5, 0.6) is 0 Å². The van der Waals surface area contributed by atoms with E-state index < -0.39 is 0 Å². The van der Waals surface area contributed by atoms with Crippen molar-refractivity contribution in [2.45, 2.75) is 19.3 Å². The van der Waals surface area contributed by atoms with Gasteiger partial charge >= 0.3 is 0 Å². The molecule has 0 unspecified atom stereocenters. The van der Waals surface area contributed by atoms with Crippen molar-refractivity contribution in [3.8, 4) is 0 Å². The first-order valence-electron chi connectivity index (χ1n) is 5.37. The number of aryl methyl sites for hydroxylation is 1. The molecule has 92 valence electrons. The Labute approximate surface area is 114 Å². The molecule has 16 heavy (non-hydrogen) atoms. The molecule has 0 aromatic carbocycles. The number of nitrogens with one attached hydrogen (secondary N) is 1. The maximum Gasteiger partial charge on any atom is 0.107 e. The lowest BCUT2D eigenvalue weighted by molar-refractivity contribution is 0.199.